The van der Waals surface area contributed by atoms with Crippen LogP contribution in [0.25, 0.3) is 11.0 Å². The maximum atomic E-state index is 6.18. The zero-order valence-electron chi connectivity index (χ0n) is 11.3. The lowest BCUT2D eigenvalue weighted by molar-refractivity contribution is 0.625. The highest BCUT2D eigenvalue weighted by Gasteiger charge is 2.18. The third-order valence-corrected chi connectivity index (χ3v) is 5.15. The van der Waals surface area contributed by atoms with E-state index in [4.69, 9.17) is 34.8 Å². The monoisotopic (exact) mass is 358 g/mol. The van der Waals surface area contributed by atoms with Gasteiger partial charge in [0, 0.05) is 12.3 Å². The Hall–Kier alpha value is -0.740. The topological polar surface area (TPSA) is 17.8 Å². The van der Waals surface area contributed by atoms with E-state index in [0.29, 0.717) is 22.3 Å². The molecular weight excluding hydrogens is 347 g/mol. The number of halogens is 3. The molecule has 2 nitrogen and oxygen atoms in total. The first-order chi connectivity index (χ1) is 10.1. The molecule has 2 aromatic heterocycles. The maximum Gasteiger partial charge on any atom is 0.111 e. The lowest BCUT2D eigenvalue weighted by Gasteiger charge is -2.16. The smallest absolute Gasteiger partial charge is 0.111 e. The Morgan fingerprint density at radius 1 is 1.29 bits per heavy atom. The van der Waals surface area contributed by atoms with Crippen LogP contribution in [-0.4, -0.2) is 15.4 Å². The number of hydrogen-bond donors (Lipinski definition) is 0. The summed E-state index contributed by atoms with van der Waals surface area (Å²) in [5, 5.41) is 5.30. The van der Waals surface area contributed by atoms with Gasteiger partial charge in [0.05, 0.1) is 27.1 Å². The van der Waals surface area contributed by atoms with Crippen molar-refractivity contribution in [3.05, 3.63) is 50.4 Å². The highest BCUT2D eigenvalue weighted by Crippen LogP contribution is 2.32. The number of nitrogens with zero attached hydrogens (tertiary/aromatic N) is 2. The zero-order chi connectivity index (χ0) is 15.0. The Bertz CT molecular complexity index is 765. The van der Waals surface area contributed by atoms with Gasteiger partial charge in [-0.1, -0.05) is 23.2 Å². The number of aromatic nitrogens is 2. The van der Waals surface area contributed by atoms with E-state index in [1.54, 1.807) is 11.3 Å². The van der Waals surface area contributed by atoms with Crippen molar-refractivity contribution in [3.8, 4) is 0 Å². The van der Waals surface area contributed by atoms with Gasteiger partial charge in [-0.2, -0.15) is 11.3 Å². The van der Waals surface area contributed by atoms with Crippen LogP contribution in [0.5, 0.6) is 0 Å². The second-order valence-corrected chi connectivity index (χ2v) is 6.80. The highest BCUT2D eigenvalue weighted by molar-refractivity contribution is 7.08. The maximum absolute atomic E-state index is 6.18. The summed E-state index contributed by atoms with van der Waals surface area (Å²) in [6, 6.07) is 6.00. The average molecular weight is 360 g/mol. The molecule has 3 aromatic rings. The molecule has 0 amide bonds. The number of benzene rings is 1. The zero-order valence-corrected chi connectivity index (χ0v) is 14.4. The first-order valence-electron chi connectivity index (χ1n) is 6.55. The number of aryl methyl sites for hydroxylation is 1. The molecule has 0 aliphatic carbocycles. The van der Waals surface area contributed by atoms with Crippen molar-refractivity contribution in [2.45, 2.75) is 19.4 Å². The average Bonchev–Trinajstić information content (AvgIpc) is 3.07. The second kappa shape index (κ2) is 6.17. The molecule has 0 bridgehead atoms. The van der Waals surface area contributed by atoms with Gasteiger partial charge in [-0.05, 0) is 41.4 Å². The molecule has 110 valence electrons. The third kappa shape index (κ3) is 2.80. The van der Waals surface area contributed by atoms with E-state index in [2.05, 4.69) is 33.3 Å². The Morgan fingerprint density at radius 2 is 2.05 bits per heavy atom. The number of alkyl halides is 1. The van der Waals surface area contributed by atoms with Gasteiger partial charge in [-0.3, -0.25) is 0 Å². The molecule has 1 aromatic carbocycles. The first-order valence-corrected chi connectivity index (χ1v) is 8.79. The Balaban J connectivity index is 2.22. The van der Waals surface area contributed by atoms with Gasteiger partial charge < -0.3 is 4.57 Å². The Morgan fingerprint density at radius 3 is 2.71 bits per heavy atom. The van der Waals surface area contributed by atoms with E-state index < -0.39 is 0 Å². The molecule has 0 fully saturated rings. The molecule has 1 atom stereocenters. The predicted octanol–water partition coefficient (Wildman–Crippen LogP) is 5.80. The minimum absolute atomic E-state index is 0.178. The third-order valence-electron chi connectivity index (χ3n) is 3.54. The van der Waals surface area contributed by atoms with Crippen molar-refractivity contribution in [3.63, 3.8) is 0 Å². The predicted molar refractivity (Wildman–Crippen MR) is 92.3 cm³/mol. The summed E-state index contributed by atoms with van der Waals surface area (Å²) in [5.41, 5.74) is 3.09. The molecule has 1 unspecified atom stereocenters. The number of hydrogen-bond acceptors (Lipinski definition) is 2. The summed E-state index contributed by atoms with van der Waals surface area (Å²) in [7, 11) is 0. The fourth-order valence-corrected chi connectivity index (χ4v) is 3.73. The minimum atomic E-state index is 0.178. The van der Waals surface area contributed by atoms with Gasteiger partial charge in [0.15, 0.2) is 0 Å². The van der Waals surface area contributed by atoms with E-state index in [1.807, 2.05) is 12.1 Å². The number of fused-ring (bicyclic) bond motifs is 1. The molecule has 2 heterocycles. The molecule has 0 saturated carbocycles. The van der Waals surface area contributed by atoms with Crippen molar-refractivity contribution in [2.24, 2.45) is 0 Å². The van der Waals surface area contributed by atoms with Gasteiger partial charge in [-0.15, -0.1) is 11.6 Å². The second-order valence-electron chi connectivity index (χ2n) is 4.82. The van der Waals surface area contributed by atoms with Crippen molar-refractivity contribution in [1.29, 1.82) is 0 Å². The van der Waals surface area contributed by atoms with Crippen LogP contribution in [0.1, 0.15) is 24.4 Å². The van der Waals surface area contributed by atoms with Gasteiger partial charge in [0.1, 0.15) is 5.82 Å². The van der Waals surface area contributed by atoms with Crippen LogP contribution in [0.3, 0.4) is 0 Å². The summed E-state index contributed by atoms with van der Waals surface area (Å²) in [6.07, 6.45) is 0.708. The molecule has 6 heteroatoms. The van der Waals surface area contributed by atoms with Crippen LogP contribution in [0.4, 0.5) is 0 Å². The normalized spacial score (nSPS) is 13.0. The number of rotatable bonds is 4. The Labute approximate surface area is 142 Å². The van der Waals surface area contributed by atoms with Crippen LogP contribution in [0.15, 0.2) is 29.0 Å². The molecule has 21 heavy (non-hydrogen) atoms. The largest absolute Gasteiger partial charge is 0.321 e. The van der Waals surface area contributed by atoms with Gasteiger partial charge in [-0.25, -0.2) is 4.98 Å². The van der Waals surface area contributed by atoms with E-state index in [1.165, 1.54) is 5.56 Å². The van der Waals surface area contributed by atoms with Gasteiger partial charge >= 0.3 is 0 Å². The van der Waals surface area contributed by atoms with Crippen LogP contribution >= 0.6 is 46.1 Å². The summed E-state index contributed by atoms with van der Waals surface area (Å²) in [4.78, 5) is 4.67. The molecule has 0 spiro atoms. The van der Waals surface area contributed by atoms with Gasteiger partial charge in [0.2, 0.25) is 0 Å². The fraction of sp³-hybridized carbons (Fsp3) is 0.267. The van der Waals surface area contributed by atoms with Crippen LogP contribution in [0, 0.1) is 0 Å². The molecule has 0 aliphatic rings. The number of thiophene rings is 1. The standard InChI is InChI=1S/C15H13Cl3N2S/c1-9(10-3-5-21-8-10)20-14-7-12(18)11(17)6-13(14)19-15(20)2-4-16/h3,5-9H,2,4H2,1H3. The molecule has 0 aliphatic heterocycles. The fourth-order valence-electron chi connectivity index (χ4n) is 2.50. The van der Waals surface area contributed by atoms with Crippen LogP contribution in [0.2, 0.25) is 10.0 Å². The summed E-state index contributed by atoms with van der Waals surface area (Å²) >= 11 is 19.9. The molecular formula is C15H13Cl3N2S. The SMILES string of the molecule is CC(c1ccsc1)n1c(CCCl)nc2cc(Cl)c(Cl)cc21. The molecule has 0 saturated heterocycles. The van der Waals surface area contributed by atoms with Crippen molar-refractivity contribution in [1.82, 2.24) is 9.55 Å². The Kier molecular flexibility index (Phi) is 4.46. The highest BCUT2D eigenvalue weighted by atomic mass is 35.5. The van der Waals surface area contributed by atoms with E-state index >= 15 is 0 Å². The van der Waals surface area contributed by atoms with E-state index in [-0.39, 0.29) is 6.04 Å². The lowest BCUT2D eigenvalue weighted by atomic mass is 10.1. The van der Waals surface area contributed by atoms with Crippen molar-refractivity contribution >= 4 is 57.2 Å². The molecule has 3 rings (SSSR count). The van der Waals surface area contributed by atoms with Gasteiger partial charge in [0.25, 0.3) is 0 Å². The van der Waals surface area contributed by atoms with Crippen molar-refractivity contribution < 1.29 is 0 Å². The minimum Gasteiger partial charge on any atom is -0.321 e. The lowest BCUT2D eigenvalue weighted by Crippen LogP contribution is -2.10. The molecule has 0 radical (unpaired) electrons. The first kappa shape index (κ1) is 15.2. The molecule has 0 N–H and O–H groups in total. The van der Waals surface area contributed by atoms with Crippen LogP contribution in [-0.2, 0) is 6.42 Å². The summed E-state index contributed by atoms with van der Waals surface area (Å²) in [5.74, 6) is 1.48. The van der Waals surface area contributed by atoms with Crippen LogP contribution < -0.4 is 0 Å². The summed E-state index contributed by atoms with van der Waals surface area (Å²) in [6.45, 7) is 2.16. The summed E-state index contributed by atoms with van der Waals surface area (Å²) < 4.78 is 2.20. The van der Waals surface area contributed by atoms with Crippen molar-refractivity contribution in [2.75, 3.05) is 5.88 Å². The van der Waals surface area contributed by atoms with E-state index in [9.17, 15) is 0 Å². The quantitative estimate of drug-likeness (QED) is 0.539. The van der Waals surface area contributed by atoms with E-state index in [0.717, 1.165) is 16.9 Å². The number of imidazole rings is 1.